The molecule has 0 saturated carbocycles. The third-order valence-electron chi connectivity index (χ3n) is 10.4. The van der Waals surface area contributed by atoms with Gasteiger partial charge in [-0.2, -0.15) is 0 Å². The van der Waals surface area contributed by atoms with Gasteiger partial charge in [0.15, 0.2) is 0 Å². The number of nitrogens with one attached hydrogen (secondary N) is 6. The van der Waals surface area contributed by atoms with Crippen molar-refractivity contribution >= 4 is 46.8 Å². The quantitative estimate of drug-likeness (QED) is 0.0278. The zero-order valence-corrected chi connectivity index (χ0v) is 39.2. The van der Waals surface area contributed by atoms with Crippen LogP contribution in [0.3, 0.4) is 0 Å². The van der Waals surface area contributed by atoms with Crippen LogP contribution in [-0.2, 0) is 9.59 Å². The van der Waals surface area contributed by atoms with Crippen LogP contribution in [0.1, 0.15) is 192 Å². The molecule has 0 aromatic heterocycles. The van der Waals surface area contributed by atoms with E-state index < -0.39 is 35.4 Å². The van der Waals surface area contributed by atoms with E-state index in [0.29, 0.717) is 25.6 Å². The number of ether oxygens (including phenoxy) is 3. The molecule has 3 rings (SSSR count). The molecule has 6 N–H and O–H groups in total. The summed E-state index contributed by atoms with van der Waals surface area (Å²) in [7, 11) is 0. The van der Waals surface area contributed by atoms with Crippen LogP contribution >= 0.6 is 0 Å². The fourth-order valence-electron chi connectivity index (χ4n) is 6.80. The Morgan fingerprint density at radius 2 is 0.754 bits per heavy atom. The fourth-order valence-corrected chi connectivity index (χ4v) is 6.80. The predicted molar refractivity (Wildman–Crippen MR) is 254 cm³/mol. The molecule has 15 heteroatoms. The summed E-state index contributed by atoms with van der Waals surface area (Å²) in [6.45, 7) is 10.2. The second-order valence-corrected chi connectivity index (χ2v) is 16.2. The maximum absolute atomic E-state index is 13.9. The second-order valence-electron chi connectivity index (χ2n) is 16.2. The van der Waals surface area contributed by atoms with Gasteiger partial charge < -0.3 is 24.8 Å². The van der Waals surface area contributed by atoms with Gasteiger partial charge in [0.2, 0.25) is 11.8 Å². The van der Waals surface area contributed by atoms with Gasteiger partial charge >= 0.3 is 0 Å². The van der Waals surface area contributed by atoms with Gasteiger partial charge in [-0.3, -0.25) is 50.5 Å². The molecule has 0 heterocycles. The highest BCUT2D eigenvalue weighted by molar-refractivity contribution is 6.10. The highest BCUT2D eigenvalue weighted by Crippen LogP contribution is 2.27. The summed E-state index contributed by atoms with van der Waals surface area (Å²) in [4.78, 5) is 77.5. The molecule has 0 radical (unpaired) electrons. The number of carbonyl (C=O) groups is 6. The number of carbonyl (C=O) groups excluding carboxylic acids is 6. The van der Waals surface area contributed by atoms with Crippen LogP contribution < -0.4 is 46.5 Å². The fraction of sp³-hybridized carbons (Fsp3) is 0.520. The number of rotatable bonds is 30. The van der Waals surface area contributed by atoms with E-state index in [1.807, 2.05) is 0 Å². The molecule has 356 valence electrons. The van der Waals surface area contributed by atoms with Crippen LogP contribution in [0.15, 0.2) is 54.6 Å². The van der Waals surface area contributed by atoms with Crippen molar-refractivity contribution in [1.82, 2.24) is 21.7 Å². The Morgan fingerprint density at radius 3 is 1.12 bits per heavy atom. The average molecular weight is 901 g/mol. The molecule has 65 heavy (non-hydrogen) atoms. The monoisotopic (exact) mass is 901 g/mol. The van der Waals surface area contributed by atoms with Gasteiger partial charge in [0.05, 0.1) is 30.9 Å². The topological polar surface area (TPSA) is 202 Å². The third-order valence-corrected chi connectivity index (χ3v) is 10.4. The molecule has 0 aliphatic carbocycles. The van der Waals surface area contributed by atoms with Crippen molar-refractivity contribution in [3.8, 4) is 17.2 Å². The van der Waals surface area contributed by atoms with Crippen molar-refractivity contribution in [2.24, 2.45) is 0 Å². The SMILES string of the molecule is CCCCCCCCOc1cc(C(=O)Nc2ccc(OCCCCCCCC)c(C(=O)NNC(C)=O)c2)cc(C(=O)Nc2ccc(OCCCCCCCC)c(C(=O)NNC(C)=O)c2)c1. The molecule has 0 unspecified atom stereocenters. The summed E-state index contributed by atoms with van der Waals surface area (Å²) >= 11 is 0. The van der Waals surface area contributed by atoms with Crippen molar-refractivity contribution in [2.75, 3.05) is 30.5 Å². The highest BCUT2D eigenvalue weighted by Gasteiger charge is 2.20. The standard InChI is InChI=1S/C50H72N6O9/c1-6-9-12-15-18-21-28-63-42-32-38(47(59)51-40-24-26-45(64-29-22-19-16-13-10-7-2)43(34-40)49(61)55-53-36(4)57)31-39(33-42)48(60)52-41-25-27-46(65-30-23-20-17-14-11-8-3)44(35-41)50(62)56-54-37(5)58/h24-27,31-35H,6-23,28-30H2,1-5H3,(H,51,59)(H,52,60)(H,53,57)(H,54,58)(H,55,61)(H,56,62). The van der Waals surface area contributed by atoms with Crippen molar-refractivity contribution in [2.45, 2.75) is 150 Å². The lowest BCUT2D eigenvalue weighted by Gasteiger charge is -2.16. The highest BCUT2D eigenvalue weighted by atomic mass is 16.5. The van der Waals surface area contributed by atoms with Gasteiger partial charge in [-0.25, -0.2) is 0 Å². The first-order valence-corrected chi connectivity index (χ1v) is 23.5. The normalized spacial score (nSPS) is 10.7. The van der Waals surface area contributed by atoms with Crippen LogP contribution in [0, 0.1) is 0 Å². The summed E-state index contributed by atoms with van der Waals surface area (Å²) in [5.74, 6) is -2.48. The second kappa shape index (κ2) is 30.9. The van der Waals surface area contributed by atoms with E-state index in [1.165, 1.54) is 51.3 Å². The minimum absolute atomic E-state index is 0.0996. The largest absolute Gasteiger partial charge is 0.494 e. The third kappa shape index (κ3) is 21.0. The first-order chi connectivity index (χ1) is 31.4. The number of benzene rings is 3. The molecule has 15 nitrogen and oxygen atoms in total. The summed E-state index contributed by atoms with van der Waals surface area (Å²) < 4.78 is 18.1. The molecule has 3 aromatic carbocycles. The van der Waals surface area contributed by atoms with E-state index in [4.69, 9.17) is 14.2 Å². The molecule has 0 aliphatic heterocycles. The van der Waals surface area contributed by atoms with E-state index in [0.717, 1.165) is 96.3 Å². The predicted octanol–water partition coefficient (Wildman–Crippen LogP) is 9.97. The van der Waals surface area contributed by atoms with Crippen molar-refractivity contribution in [3.63, 3.8) is 0 Å². The van der Waals surface area contributed by atoms with Crippen LogP contribution in [0.4, 0.5) is 11.4 Å². The molecular formula is C50H72N6O9. The van der Waals surface area contributed by atoms with Crippen LogP contribution in [0.5, 0.6) is 17.2 Å². The Kier molecular flexibility index (Phi) is 25.3. The van der Waals surface area contributed by atoms with Crippen LogP contribution in [-0.4, -0.2) is 55.3 Å². The van der Waals surface area contributed by atoms with E-state index in [9.17, 15) is 28.8 Å². The number of hydrogen-bond donors (Lipinski definition) is 6. The number of amides is 6. The average Bonchev–Trinajstić information content (AvgIpc) is 3.29. The molecular weight excluding hydrogens is 829 g/mol. The van der Waals surface area contributed by atoms with Gasteiger partial charge in [-0.05, 0) is 73.9 Å². The minimum Gasteiger partial charge on any atom is -0.494 e. The lowest BCUT2D eigenvalue weighted by molar-refractivity contribution is -0.120. The van der Waals surface area contributed by atoms with Gasteiger partial charge in [0, 0.05) is 36.3 Å². The Morgan fingerprint density at radius 1 is 0.400 bits per heavy atom. The molecule has 0 atom stereocenters. The number of hydrogen-bond acceptors (Lipinski definition) is 9. The molecule has 6 amide bonds. The lowest BCUT2D eigenvalue weighted by atomic mass is 10.1. The molecule has 0 bridgehead atoms. The summed E-state index contributed by atoms with van der Waals surface area (Å²) in [5, 5.41) is 5.65. The maximum atomic E-state index is 13.9. The van der Waals surface area contributed by atoms with E-state index in [-0.39, 0.29) is 45.1 Å². The molecule has 3 aromatic rings. The minimum atomic E-state index is -0.633. The Bertz CT molecular complexity index is 1860. The first-order valence-electron chi connectivity index (χ1n) is 23.5. The Labute approximate surface area is 385 Å². The number of anilines is 2. The summed E-state index contributed by atoms with van der Waals surface area (Å²) in [5.41, 5.74) is 10.3. The Balaban J connectivity index is 1.88. The maximum Gasteiger partial charge on any atom is 0.273 e. The smallest absolute Gasteiger partial charge is 0.273 e. The molecule has 0 fully saturated rings. The van der Waals surface area contributed by atoms with E-state index in [1.54, 1.807) is 36.4 Å². The van der Waals surface area contributed by atoms with E-state index >= 15 is 0 Å². The van der Waals surface area contributed by atoms with Crippen molar-refractivity contribution in [3.05, 3.63) is 76.9 Å². The van der Waals surface area contributed by atoms with Crippen molar-refractivity contribution in [1.29, 1.82) is 0 Å². The van der Waals surface area contributed by atoms with Crippen LogP contribution in [0.25, 0.3) is 0 Å². The van der Waals surface area contributed by atoms with Crippen LogP contribution in [0.2, 0.25) is 0 Å². The summed E-state index contributed by atoms with van der Waals surface area (Å²) in [6, 6.07) is 13.8. The zero-order valence-electron chi connectivity index (χ0n) is 39.2. The molecule has 0 saturated heterocycles. The lowest BCUT2D eigenvalue weighted by Crippen LogP contribution is -2.40. The number of unbranched alkanes of at least 4 members (excludes halogenated alkanes) is 15. The summed E-state index contributed by atoms with van der Waals surface area (Å²) in [6.07, 6.45) is 19.0. The first kappa shape index (κ1) is 53.2. The molecule has 0 aliphatic rings. The van der Waals surface area contributed by atoms with Gasteiger partial charge in [0.1, 0.15) is 17.2 Å². The Hall–Kier alpha value is -6.12. The molecule has 0 spiro atoms. The van der Waals surface area contributed by atoms with E-state index in [2.05, 4.69) is 53.1 Å². The van der Waals surface area contributed by atoms with Gasteiger partial charge in [0.25, 0.3) is 23.6 Å². The number of hydrazine groups is 2. The van der Waals surface area contributed by atoms with Crippen molar-refractivity contribution < 1.29 is 43.0 Å². The van der Waals surface area contributed by atoms with Gasteiger partial charge in [-0.1, -0.05) is 117 Å². The zero-order chi connectivity index (χ0) is 47.2. The van der Waals surface area contributed by atoms with Gasteiger partial charge in [-0.15, -0.1) is 0 Å².